The summed E-state index contributed by atoms with van der Waals surface area (Å²) in [5, 5.41) is 0. The second kappa shape index (κ2) is 5.19. The maximum Gasteiger partial charge on any atom is 0.138 e. The molecule has 2 saturated carbocycles. The van der Waals surface area contributed by atoms with Crippen LogP contribution in [0.4, 0.5) is 0 Å². The Balaban J connectivity index is 1.54. The summed E-state index contributed by atoms with van der Waals surface area (Å²) in [6.07, 6.45) is 8.69. The monoisotopic (exact) mass is 286 g/mol. The van der Waals surface area contributed by atoms with Gasteiger partial charge in [-0.25, -0.2) is 9.97 Å². The standard InChI is InChI=1S/C18H26N2O/c1-11(2)16(21)14-7-18(8-14)5-13(6-18)15-9-19-17(12(3)4)20-10-15/h9-14H,5-8H2,1-4H3. The highest BCUT2D eigenvalue weighted by Gasteiger charge is 2.54. The summed E-state index contributed by atoms with van der Waals surface area (Å²) in [6, 6.07) is 0. The van der Waals surface area contributed by atoms with Gasteiger partial charge in [0.1, 0.15) is 11.6 Å². The molecular weight excluding hydrogens is 260 g/mol. The van der Waals surface area contributed by atoms with E-state index in [-0.39, 0.29) is 5.92 Å². The lowest BCUT2D eigenvalue weighted by Crippen LogP contribution is -2.49. The second-order valence-electron chi connectivity index (χ2n) is 7.80. The van der Waals surface area contributed by atoms with Gasteiger partial charge in [-0.2, -0.15) is 0 Å². The largest absolute Gasteiger partial charge is 0.299 e. The Hall–Kier alpha value is -1.25. The van der Waals surface area contributed by atoms with Crippen LogP contribution >= 0.6 is 0 Å². The molecule has 2 fully saturated rings. The fourth-order valence-corrected chi connectivity index (χ4v) is 4.07. The lowest BCUT2D eigenvalue weighted by atomic mass is 9.46. The smallest absolute Gasteiger partial charge is 0.138 e. The summed E-state index contributed by atoms with van der Waals surface area (Å²) in [4.78, 5) is 20.9. The van der Waals surface area contributed by atoms with Crippen molar-refractivity contribution in [2.45, 2.75) is 65.2 Å². The molecule has 2 aliphatic rings. The molecule has 0 bridgehead atoms. The normalized spacial score (nSPS) is 31.3. The maximum atomic E-state index is 12.0. The summed E-state index contributed by atoms with van der Waals surface area (Å²) in [5.74, 6) is 2.93. The van der Waals surface area contributed by atoms with Crippen molar-refractivity contribution in [3.05, 3.63) is 23.8 Å². The lowest BCUT2D eigenvalue weighted by molar-refractivity contribution is -0.139. The number of rotatable bonds is 4. The molecule has 0 atom stereocenters. The van der Waals surface area contributed by atoms with Crippen LogP contribution in [0.2, 0.25) is 0 Å². The Morgan fingerprint density at radius 2 is 1.67 bits per heavy atom. The van der Waals surface area contributed by atoms with E-state index in [9.17, 15) is 4.79 Å². The first kappa shape index (κ1) is 14.7. The van der Waals surface area contributed by atoms with Crippen molar-refractivity contribution < 1.29 is 4.79 Å². The molecule has 2 aliphatic carbocycles. The van der Waals surface area contributed by atoms with E-state index in [1.54, 1.807) is 0 Å². The summed E-state index contributed by atoms with van der Waals surface area (Å²) in [7, 11) is 0. The average molecular weight is 286 g/mol. The molecule has 3 heteroatoms. The van der Waals surface area contributed by atoms with Gasteiger partial charge in [-0.15, -0.1) is 0 Å². The molecule has 0 aliphatic heterocycles. The van der Waals surface area contributed by atoms with E-state index in [0.29, 0.717) is 29.0 Å². The predicted molar refractivity (Wildman–Crippen MR) is 83.1 cm³/mol. The van der Waals surface area contributed by atoms with Crippen molar-refractivity contribution >= 4 is 5.78 Å². The van der Waals surface area contributed by atoms with E-state index in [0.717, 1.165) is 18.7 Å². The first-order chi connectivity index (χ1) is 9.90. The van der Waals surface area contributed by atoms with E-state index in [1.807, 2.05) is 26.2 Å². The topological polar surface area (TPSA) is 42.9 Å². The number of nitrogens with zero attached hydrogens (tertiary/aromatic N) is 2. The van der Waals surface area contributed by atoms with E-state index in [1.165, 1.54) is 18.4 Å². The lowest BCUT2D eigenvalue weighted by Gasteiger charge is -2.57. The minimum Gasteiger partial charge on any atom is -0.299 e. The van der Waals surface area contributed by atoms with Crippen LogP contribution in [0.15, 0.2) is 12.4 Å². The summed E-state index contributed by atoms with van der Waals surface area (Å²) in [5.41, 5.74) is 1.75. The van der Waals surface area contributed by atoms with Crippen LogP contribution in [-0.2, 0) is 4.79 Å². The third-order valence-corrected chi connectivity index (χ3v) is 5.37. The minimum absolute atomic E-state index is 0.195. The number of ketones is 1. The van der Waals surface area contributed by atoms with Gasteiger partial charge in [-0.05, 0) is 42.6 Å². The Bertz CT molecular complexity index is 519. The second-order valence-corrected chi connectivity index (χ2v) is 7.80. The Kier molecular flexibility index (Phi) is 3.62. The van der Waals surface area contributed by atoms with Crippen molar-refractivity contribution in [2.24, 2.45) is 17.3 Å². The molecule has 0 amide bonds. The molecule has 114 valence electrons. The highest BCUT2D eigenvalue weighted by molar-refractivity contribution is 5.83. The molecule has 1 heterocycles. The van der Waals surface area contributed by atoms with Crippen molar-refractivity contribution in [3.8, 4) is 0 Å². The zero-order valence-corrected chi connectivity index (χ0v) is 13.6. The fraction of sp³-hybridized carbons (Fsp3) is 0.722. The third kappa shape index (κ3) is 2.63. The van der Waals surface area contributed by atoms with Gasteiger partial charge in [0.2, 0.25) is 0 Å². The van der Waals surface area contributed by atoms with Crippen LogP contribution in [0.25, 0.3) is 0 Å². The molecule has 1 aromatic rings. The average Bonchev–Trinajstić information content (AvgIpc) is 2.35. The number of hydrogen-bond donors (Lipinski definition) is 0. The van der Waals surface area contributed by atoms with Crippen LogP contribution in [0.1, 0.15) is 76.6 Å². The number of Topliss-reactive ketones (excluding diaryl/α,β-unsaturated/α-hetero) is 1. The molecule has 0 aromatic carbocycles. The zero-order chi connectivity index (χ0) is 15.2. The van der Waals surface area contributed by atoms with Crippen LogP contribution < -0.4 is 0 Å². The predicted octanol–water partition coefficient (Wildman–Crippen LogP) is 4.10. The van der Waals surface area contributed by atoms with Gasteiger partial charge in [0.15, 0.2) is 0 Å². The van der Waals surface area contributed by atoms with Crippen LogP contribution in [0.3, 0.4) is 0 Å². The zero-order valence-electron chi connectivity index (χ0n) is 13.6. The summed E-state index contributed by atoms with van der Waals surface area (Å²) in [6.45, 7) is 8.27. The highest BCUT2D eigenvalue weighted by atomic mass is 16.1. The van der Waals surface area contributed by atoms with Gasteiger partial charge in [0, 0.05) is 30.1 Å². The van der Waals surface area contributed by atoms with E-state index >= 15 is 0 Å². The van der Waals surface area contributed by atoms with E-state index < -0.39 is 0 Å². The van der Waals surface area contributed by atoms with Gasteiger partial charge in [-0.3, -0.25) is 4.79 Å². The van der Waals surface area contributed by atoms with Crippen molar-refractivity contribution in [2.75, 3.05) is 0 Å². The molecule has 1 aromatic heterocycles. The van der Waals surface area contributed by atoms with Gasteiger partial charge >= 0.3 is 0 Å². The van der Waals surface area contributed by atoms with Gasteiger partial charge in [0.05, 0.1) is 0 Å². The van der Waals surface area contributed by atoms with Crippen LogP contribution in [0, 0.1) is 17.3 Å². The fourth-order valence-electron chi connectivity index (χ4n) is 4.07. The molecule has 3 rings (SSSR count). The Morgan fingerprint density at radius 3 is 2.14 bits per heavy atom. The van der Waals surface area contributed by atoms with Crippen molar-refractivity contribution in [1.29, 1.82) is 0 Å². The third-order valence-electron chi connectivity index (χ3n) is 5.37. The summed E-state index contributed by atoms with van der Waals surface area (Å²) >= 11 is 0. The summed E-state index contributed by atoms with van der Waals surface area (Å²) < 4.78 is 0. The number of hydrogen-bond acceptors (Lipinski definition) is 3. The van der Waals surface area contributed by atoms with Crippen LogP contribution in [-0.4, -0.2) is 15.8 Å². The maximum absolute atomic E-state index is 12.0. The highest BCUT2D eigenvalue weighted by Crippen LogP contribution is 2.64. The molecule has 21 heavy (non-hydrogen) atoms. The molecule has 0 saturated heterocycles. The van der Waals surface area contributed by atoms with E-state index in [2.05, 4.69) is 23.8 Å². The van der Waals surface area contributed by atoms with Crippen LogP contribution in [0.5, 0.6) is 0 Å². The van der Waals surface area contributed by atoms with Gasteiger partial charge < -0.3 is 0 Å². The molecule has 0 unspecified atom stereocenters. The number of carbonyl (C=O) groups excluding carboxylic acids is 1. The first-order valence-corrected chi connectivity index (χ1v) is 8.26. The Labute approximate surface area is 127 Å². The van der Waals surface area contributed by atoms with E-state index in [4.69, 9.17) is 0 Å². The first-order valence-electron chi connectivity index (χ1n) is 8.26. The molecule has 0 radical (unpaired) electrons. The minimum atomic E-state index is 0.195. The SMILES string of the molecule is CC(C)C(=O)C1CC2(C1)CC(c1cnc(C(C)C)nc1)C2. The molecule has 3 nitrogen and oxygen atoms in total. The van der Waals surface area contributed by atoms with Gasteiger partial charge in [-0.1, -0.05) is 27.7 Å². The quantitative estimate of drug-likeness (QED) is 0.837. The Morgan fingerprint density at radius 1 is 1.10 bits per heavy atom. The van der Waals surface area contributed by atoms with Crippen molar-refractivity contribution in [3.63, 3.8) is 0 Å². The molecular formula is C18H26N2O. The number of aromatic nitrogens is 2. The molecule has 0 N–H and O–H groups in total. The molecule has 1 spiro atoms. The number of carbonyl (C=O) groups is 1. The van der Waals surface area contributed by atoms with Crippen molar-refractivity contribution in [1.82, 2.24) is 9.97 Å². The van der Waals surface area contributed by atoms with Gasteiger partial charge in [0.25, 0.3) is 0 Å².